The Hall–Kier alpha value is -3.33. The summed E-state index contributed by atoms with van der Waals surface area (Å²) in [5.74, 6) is 0.282. The largest absolute Gasteiger partial charge is 0.444 e. The van der Waals surface area contributed by atoms with Crippen molar-refractivity contribution < 1.29 is 18.7 Å². The lowest BCUT2D eigenvalue weighted by molar-refractivity contribution is -0.00547. The first kappa shape index (κ1) is 23.8. The van der Waals surface area contributed by atoms with Gasteiger partial charge in [-0.25, -0.2) is 14.2 Å². The smallest absolute Gasteiger partial charge is 0.407 e. The molecular weight excluding hydrogens is 437 g/mol. The van der Waals surface area contributed by atoms with Crippen molar-refractivity contribution in [3.8, 4) is 11.3 Å². The van der Waals surface area contributed by atoms with Gasteiger partial charge in [0, 0.05) is 35.6 Å². The lowest BCUT2D eigenvalue weighted by Gasteiger charge is -2.36. The van der Waals surface area contributed by atoms with Gasteiger partial charge in [0.15, 0.2) is 0 Å². The average molecular weight is 468 g/mol. The number of pyridine rings is 1. The second-order valence-corrected chi connectivity index (χ2v) is 9.60. The molecule has 1 fully saturated rings. The van der Waals surface area contributed by atoms with E-state index in [1.165, 1.54) is 0 Å². The van der Waals surface area contributed by atoms with Gasteiger partial charge in [-0.1, -0.05) is 6.07 Å². The van der Waals surface area contributed by atoms with E-state index >= 15 is 4.39 Å². The molecule has 9 heteroatoms. The molecule has 8 nitrogen and oxygen atoms in total. The number of alkyl carbamates (subject to hydrolysis) is 1. The van der Waals surface area contributed by atoms with Crippen LogP contribution in [0.4, 0.5) is 15.0 Å². The monoisotopic (exact) mass is 467 g/mol. The van der Waals surface area contributed by atoms with Crippen molar-refractivity contribution in [1.82, 2.24) is 20.3 Å². The number of carbonyl (C=O) groups excluding carboxylic acids is 1. The van der Waals surface area contributed by atoms with E-state index in [0.29, 0.717) is 46.6 Å². The zero-order chi connectivity index (χ0) is 24.5. The topological polar surface area (TPSA) is 89.5 Å². The van der Waals surface area contributed by atoms with Crippen molar-refractivity contribution in [3.63, 3.8) is 0 Å². The van der Waals surface area contributed by atoms with Crippen LogP contribution in [-0.2, 0) is 16.0 Å². The van der Waals surface area contributed by atoms with E-state index in [0.717, 1.165) is 0 Å². The SMILES string of the molecule is C[C@@H]1CN(c2cncc(-c3ccc4cnc(CNC(=O)OC(C)(C)C)cc4c3F)n2)C[C@H](C)O1. The normalized spacial score (nSPS) is 18.7. The van der Waals surface area contributed by atoms with Crippen LogP contribution in [0.5, 0.6) is 0 Å². The minimum Gasteiger partial charge on any atom is -0.444 e. The van der Waals surface area contributed by atoms with Gasteiger partial charge < -0.3 is 19.7 Å². The van der Waals surface area contributed by atoms with E-state index in [1.54, 1.807) is 57.6 Å². The fourth-order valence-electron chi connectivity index (χ4n) is 4.00. The number of fused-ring (bicyclic) bond motifs is 1. The summed E-state index contributed by atoms with van der Waals surface area (Å²) < 4.78 is 26.7. The van der Waals surface area contributed by atoms with E-state index in [-0.39, 0.29) is 18.8 Å². The van der Waals surface area contributed by atoms with Gasteiger partial charge in [0.1, 0.15) is 17.2 Å². The second kappa shape index (κ2) is 9.50. The van der Waals surface area contributed by atoms with Gasteiger partial charge in [-0.2, -0.15) is 0 Å². The van der Waals surface area contributed by atoms with Crippen molar-refractivity contribution in [2.75, 3.05) is 18.0 Å². The molecule has 0 unspecified atom stereocenters. The van der Waals surface area contributed by atoms with Crippen molar-refractivity contribution in [1.29, 1.82) is 0 Å². The Kier molecular flexibility index (Phi) is 6.65. The lowest BCUT2D eigenvalue weighted by Crippen LogP contribution is -2.45. The summed E-state index contributed by atoms with van der Waals surface area (Å²) in [7, 11) is 0. The van der Waals surface area contributed by atoms with Crippen LogP contribution >= 0.6 is 0 Å². The summed E-state index contributed by atoms with van der Waals surface area (Å²) in [4.78, 5) is 27.4. The van der Waals surface area contributed by atoms with Crippen molar-refractivity contribution >= 4 is 22.7 Å². The Morgan fingerprint density at radius 3 is 2.65 bits per heavy atom. The van der Waals surface area contributed by atoms with E-state index in [2.05, 4.69) is 20.2 Å². The molecule has 3 heterocycles. The quantitative estimate of drug-likeness (QED) is 0.606. The molecule has 0 aliphatic carbocycles. The maximum Gasteiger partial charge on any atom is 0.407 e. The standard InChI is InChI=1S/C25H30FN5O3/c1-15-13-31(14-16(2)33-15)22-12-27-11-21(30-22)19-7-6-17-9-28-18(8-20(17)23(19)26)10-29-24(32)34-25(3,4)5/h6-9,11-12,15-16H,10,13-14H2,1-5H3,(H,29,32)/t15-,16+. The minimum absolute atomic E-state index is 0.0758. The molecular formula is C25H30FN5O3. The predicted molar refractivity (Wildman–Crippen MR) is 128 cm³/mol. The number of carbonyl (C=O) groups is 1. The van der Waals surface area contributed by atoms with Crippen LogP contribution in [0.25, 0.3) is 22.0 Å². The highest BCUT2D eigenvalue weighted by molar-refractivity contribution is 5.87. The summed E-state index contributed by atoms with van der Waals surface area (Å²) in [6, 6.07) is 5.13. The molecule has 1 saturated heterocycles. The molecule has 0 radical (unpaired) electrons. The van der Waals surface area contributed by atoms with Crippen molar-refractivity contribution in [3.05, 3.63) is 48.3 Å². The second-order valence-electron chi connectivity index (χ2n) is 9.60. The summed E-state index contributed by atoms with van der Waals surface area (Å²) in [6.45, 7) is 10.9. The van der Waals surface area contributed by atoms with Gasteiger partial charge >= 0.3 is 6.09 Å². The predicted octanol–water partition coefficient (Wildman–Crippen LogP) is 4.47. The third-order valence-corrected chi connectivity index (χ3v) is 5.35. The number of ether oxygens (including phenoxy) is 2. The fourth-order valence-corrected chi connectivity index (χ4v) is 4.00. The molecule has 180 valence electrons. The number of halogens is 1. The zero-order valence-corrected chi connectivity index (χ0v) is 20.1. The Bertz CT molecular complexity index is 1190. The van der Waals surface area contributed by atoms with Crippen molar-refractivity contribution in [2.45, 2.75) is 59.0 Å². The Morgan fingerprint density at radius 1 is 1.21 bits per heavy atom. The number of benzene rings is 1. The molecule has 0 saturated carbocycles. The average Bonchev–Trinajstić information content (AvgIpc) is 2.76. The van der Waals surface area contributed by atoms with Gasteiger partial charge in [-0.3, -0.25) is 9.97 Å². The Morgan fingerprint density at radius 2 is 1.94 bits per heavy atom. The Balaban J connectivity index is 1.59. The van der Waals surface area contributed by atoms with Crippen LogP contribution in [0.2, 0.25) is 0 Å². The molecule has 4 rings (SSSR count). The molecule has 34 heavy (non-hydrogen) atoms. The van der Waals surface area contributed by atoms with E-state index < -0.39 is 17.5 Å². The summed E-state index contributed by atoms with van der Waals surface area (Å²) in [5, 5.41) is 3.70. The first-order chi connectivity index (χ1) is 16.1. The molecule has 2 aromatic heterocycles. The van der Waals surface area contributed by atoms with E-state index in [9.17, 15) is 4.79 Å². The van der Waals surface area contributed by atoms with E-state index in [1.807, 2.05) is 13.8 Å². The van der Waals surface area contributed by atoms with Crippen LogP contribution in [0.1, 0.15) is 40.3 Å². The first-order valence-electron chi connectivity index (χ1n) is 11.4. The highest BCUT2D eigenvalue weighted by Crippen LogP contribution is 2.29. The number of nitrogens with zero attached hydrogens (tertiary/aromatic N) is 4. The number of aromatic nitrogens is 3. The number of hydrogen-bond donors (Lipinski definition) is 1. The summed E-state index contributed by atoms with van der Waals surface area (Å²) in [6.07, 6.45) is 4.44. The molecule has 1 N–H and O–H groups in total. The molecule has 1 aliphatic rings. The molecule has 2 atom stereocenters. The number of nitrogens with one attached hydrogen (secondary N) is 1. The summed E-state index contributed by atoms with van der Waals surface area (Å²) in [5.41, 5.74) is 0.724. The van der Waals surface area contributed by atoms with Gasteiger partial charge in [-0.15, -0.1) is 0 Å². The van der Waals surface area contributed by atoms with Crippen LogP contribution in [0.15, 0.2) is 36.8 Å². The molecule has 1 aliphatic heterocycles. The van der Waals surface area contributed by atoms with E-state index in [4.69, 9.17) is 14.5 Å². The Labute approximate surface area is 198 Å². The fraction of sp³-hybridized carbons (Fsp3) is 0.440. The lowest BCUT2D eigenvalue weighted by atomic mass is 10.0. The number of morpholine rings is 1. The maximum atomic E-state index is 15.6. The molecule has 1 aromatic carbocycles. The maximum absolute atomic E-state index is 15.6. The molecule has 3 aromatic rings. The van der Waals surface area contributed by atoms with Crippen LogP contribution in [-0.4, -0.2) is 51.9 Å². The third kappa shape index (κ3) is 5.59. The van der Waals surface area contributed by atoms with Crippen LogP contribution < -0.4 is 10.2 Å². The van der Waals surface area contributed by atoms with Gasteiger partial charge in [-0.05, 0) is 46.8 Å². The molecule has 0 spiro atoms. The number of hydrogen-bond acceptors (Lipinski definition) is 7. The first-order valence-corrected chi connectivity index (χ1v) is 11.4. The number of amides is 1. The summed E-state index contributed by atoms with van der Waals surface area (Å²) >= 11 is 0. The van der Waals surface area contributed by atoms with Gasteiger partial charge in [0.05, 0.1) is 42.5 Å². The highest BCUT2D eigenvalue weighted by atomic mass is 19.1. The zero-order valence-electron chi connectivity index (χ0n) is 20.1. The van der Waals surface area contributed by atoms with Crippen LogP contribution in [0, 0.1) is 5.82 Å². The third-order valence-electron chi connectivity index (χ3n) is 5.35. The number of anilines is 1. The van der Waals surface area contributed by atoms with Gasteiger partial charge in [0.2, 0.25) is 0 Å². The van der Waals surface area contributed by atoms with Crippen LogP contribution in [0.3, 0.4) is 0 Å². The molecule has 0 bridgehead atoms. The molecule has 1 amide bonds. The van der Waals surface area contributed by atoms with Crippen molar-refractivity contribution in [2.24, 2.45) is 0 Å². The minimum atomic E-state index is -0.602. The van der Waals surface area contributed by atoms with Gasteiger partial charge in [0.25, 0.3) is 0 Å². The highest BCUT2D eigenvalue weighted by Gasteiger charge is 2.24. The number of rotatable bonds is 4.